The number of carbonyl (C=O) groups is 1. The van der Waals surface area contributed by atoms with Gasteiger partial charge in [0, 0.05) is 25.7 Å². The Morgan fingerprint density at radius 1 is 1.44 bits per heavy atom. The molecule has 2 N–H and O–H groups in total. The first-order valence-electron chi connectivity index (χ1n) is 7.09. The fourth-order valence-electron chi connectivity index (χ4n) is 2.64. The standard InChI is InChI=1S/C13H25N3O2/c1-11(10-16-6-8-18-9-7-16)15-13(17)12-4-2-3-5-14-12/h11-12,14H,2-10H2,1H3,(H,15,17)/t11?,12-/m1/s1. The van der Waals surface area contributed by atoms with Gasteiger partial charge in [-0.2, -0.15) is 0 Å². The van der Waals surface area contributed by atoms with Gasteiger partial charge in [-0.25, -0.2) is 0 Å². The zero-order valence-corrected chi connectivity index (χ0v) is 11.3. The summed E-state index contributed by atoms with van der Waals surface area (Å²) in [5.41, 5.74) is 0. The lowest BCUT2D eigenvalue weighted by Crippen LogP contribution is -2.52. The van der Waals surface area contributed by atoms with Gasteiger partial charge >= 0.3 is 0 Å². The lowest BCUT2D eigenvalue weighted by atomic mass is 10.0. The fraction of sp³-hybridized carbons (Fsp3) is 0.923. The monoisotopic (exact) mass is 255 g/mol. The second kappa shape index (κ2) is 7.07. The van der Waals surface area contributed by atoms with Gasteiger partial charge in [0.1, 0.15) is 0 Å². The Balaban J connectivity index is 1.68. The number of carbonyl (C=O) groups excluding carboxylic acids is 1. The van der Waals surface area contributed by atoms with Crippen LogP contribution in [0.3, 0.4) is 0 Å². The van der Waals surface area contributed by atoms with Crippen LogP contribution in [0, 0.1) is 0 Å². The Bertz CT molecular complexity index is 261. The summed E-state index contributed by atoms with van der Waals surface area (Å²) in [5, 5.41) is 6.40. The molecule has 2 rings (SSSR count). The molecule has 0 spiro atoms. The highest BCUT2D eigenvalue weighted by Gasteiger charge is 2.22. The van der Waals surface area contributed by atoms with Gasteiger partial charge in [-0.05, 0) is 26.3 Å². The number of nitrogens with one attached hydrogen (secondary N) is 2. The van der Waals surface area contributed by atoms with Gasteiger partial charge in [-0.1, -0.05) is 6.42 Å². The lowest BCUT2D eigenvalue weighted by Gasteiger charge is -2.30. The van der Waals surface area contributed by atoms with Gasteiger partial charge in [0.15, 0.2) is 0 Å². The predicted molar refractivity (Wildman–Crippen MR) is 70.5 cm³/mol. The van der Waals surface area contributed by atoms with Crippen molar-refractivity contribution in [2.24, 2.45) is 0 Å². The van der Waals surface area contributed by atoms with Crippen molar-refractivity contribution in [1.82, 2.24) is 15.5 Å². The van der Waals surface area contributed by atoms with Crippen LogP contribution >= 0.6 is 0 Å². The van der Waals surface area contributed by atoms with Crippen LogP contribution in [0.25, 0.3) is 0 Å². The van der Waals surface area contributed by atoms with Gasteiger partial charge in [0.05, 0.1) is 19.3 Å². The van der Waals surface area contributed by atoms with Crippen LogP contribution in [0.1, 0.15) is 26.2 Å². The topological polar surface area (TPSA) is 53.6 Å². The third-order valence-corrected chi connectivity index (χ3v) is 3.65. The third kappa shape index (κ3) is 4.23. The van der Waals surface area contributed by atoms with Gasteiger partial charge in [0.25, 0.3) is 0 Å². The van der Waals surface area contributed by atoms with Crippen LogP contribution in [0.4, 0.5) is 0 Å². The molecule has 2 heterocycles. The molecule has 1 unspecified atom stereocenters. The van der Waals surface area contributed by atoms with Crippen molar-refractivity contribution in [2.75, 3.05) is 39.4 Å². The van der Waals surface area contributed by atoms with E-state index < -0.39 is 0 Å². The molecule has 0 saturated carbocycles. The van der Waals surface area contributed by atoms with E-state index in [0.29, 0.717) is 0 Å². The van der Waals surface area contributed by atoms with E-state index in [9.17, 15) is 4.79 Å². The van der Waals surface area contributed by atoms with Crippen LogP contribution in [-0.2, 0) is 9.53 Å². The molecule has 1 amide bonds. The fourth-order valence-corrected chi connectivity index (χ4v) is 2.64. The van der Waals surface area contributed by atoms with Crippen molar-refractivity contribution >= 4 is 5.91 Å². The van der Waals surface area contributed by atoms with Crippen LogP contribution in [0.2, 0.25) is 0 Å². The van der Waals surface area contributed by atoms with Crippen molar-refractivity contribution in [2.45, 2.75) is 38.3 Å². The number of nitrogens with zero attached hydrogens (tertiary/aromatic N) is 1. The number of rotatable bonds is 4. The van der Waals surface area contributed by atoms with Crippen molar-refractivity contribution in [3.05, 3.63) is 0 Å². The molecule has 0 aromatic carbocycles. The van der Waals surface area contributed by atoms with Gasteiger partial charge in [-0.3, -0.25) is 9.69 Å². The van der Waals surface area contributed by atoms with E-state index in [1.54, 1.807) is 0 Å². The van der Waals surface area contributed by atoms with E-state index in [1.165, 1.54) is 6.42 Å². The number of morpholine rings is 1. The van der Waals surface area contributed by atoms with Gasteiger partial charge in [0.2, 0.25) is 5.91 Å². The number of hydrogen-bond donors (Lipinski definition) is 2. The first kappa shape index (κ1) is 13.8. The summed E-state index contributed by atoms with van der Waals surface area (Å²) >= 11 is 0. The number of piperidine rings is 1. The molecule has 5 nitrogen and oxygen atoms in total. The van der Waals surface area contributed by atoms with E-state index in [2.05, 4.69) is 22.5 Å². The van der Waals surface area contributed by atoms with Crippen molar-refractivity contribution in [1.29, 1.82) is 0 Å². The Morgan fingerprint density at radius 3 is 2.89 bits per heavy atom. The largest absolute Gasteiger partial charge is 0.379 e. The molecule has 18 heavy (non-hydrogen) atoms. The Hall–Kier alpha value is -0.650. The van der Waals surface area contributed by atoms with Crippen molar-refractivity contribution in [3.63, 3.8) is 0 Å². The molecular weight excluding hydrogens is 230 g/mol. The molecule has 0 radical (unpaired) electrons. The van der Waals surface area contributed by atoms with Crippen LogP contribution in [-0.4, -0.2) is 62.3 Å². The SMILES string of the molecule is CC(CN1CCOCC1)NC(=O)[C@H]1CCCCN1. The minimum atomic E-state index is 0.0193. The van der Waals surface area contributed by atoms with Gasteiger partial charge in [-0.15, -0.1) is 0 Å². The highest BCUT2D eigenvalue weighted by molar-refractivity contribution is 5.82. The lowest BCUT2D eigenvalue weighted by molar-refractivity contribution is -0.124. The molecule has 0 aliphatic carbocycles. The zero-order chi connectivity index (χ0) is 12.8. The molecule has 0 bridgehead atoms. The van der Waals surface area contributed by atoms with Crippen LogP contribution < -0.4 is 10.6 Å². The summed E-state index contributed by atoms with van der Waals surface area (Å²) < 4.78 is 5.32. The van der Waals surface area contributed by atoms with Crippen LogP contribution in [0.15, 0.2) is 0 Å². The zero-order valence-electron chi connectivity index (χ0n) is 11.3. The Kier molecular flexibility index (Phi) is 5.41. The van der Waals surface area contributed by atoms with Crippen molar-refractivity contribution in [3.8, 4) is 0 Å². The smallest absolute Gasteiger partial charge is 0.237 e. The molecule has 0 aromatic rings. The molecule has 2 aliphatic rings. The summed E-state index contributed by atoms with van der Waals surface area (Å²) in [6.45, 7) is 7.54. The summed E-state index contributed by atoms with van der Waals surface area (Å²) in [5.74, 6) is 0.162. The van der Waals surface area contributed by atoms with E-state index in [-0.39, 0.29) is 18.0 Å². The molecule has 2 saturated heterocycles. The molecule has 2 atom stereocenters. The second-order valence-corrected chi connectivity index (χ2v) is 5.33. The average Bonchev–Trinajstić information content (AvgIpc) is 2.40. The maximum Gasteiger partial charge on any atom is 0.237 e. The molecular formula is C13H25N3O2. The number of amides is 1. The van der Waals surface area contributed by atoms with Crippen molar-refractivity contribution < 1.29 is 9.53 Å². The quantitative estimate of drug-likeness (QED) is 0.740. The summed E-state index contributed by atoms with van der Waals surface area (Å²) in [7, 11) is 0. The normalized spacial score (nSPS) is 27.7. The van der Waals surface area contributed by atoms with E-state index in [0.717, 1.165) is 52.2 Å². The number of hydrogen-bond acceptors (Lipinski definition) is 4. The van der Waals surface area contributed by atoms with Crippen LogP contribution in [0.5, 0.6) is 0 Å². The molecule has 0 aromatic heterocycles. The Morgan fingerprint density at radius 2 is 2.22 bits per heavy atom. The molecule has 5 heteroatoms. The maximum absolute atomic E-state index is 12.0. The van der Waals surface area contributed by atoms with E-state index >= 15 is 0 Å². The average molecular weight is 255 g/mol. The molecule has 104 valence electrons. The summed E-state index contributed by atoms with van der Waals surface area (Å²) in [6.07, 6.45) is 3.31. The first-order valence-corrected chi connectivity index (χ1v) is 7.09. The van der Waals surface area contributed by atoms with E-state index in [4.69, 9.17) is 4.74 Å². The first-order chi connectivity index (χ1) is 8.75. The molecule has 2 fully saturated rings. The summed E-state index contributed by atoms with van der Waals surface area (Å²) in [6, 6.07) is 0.227. The van der Waals surface area contributed by atoms with Gasteiger partial charge < -0.3 is 15.4 Å². The minimum absolute atomic E-state index is 0.0193. The Labute approximate surface area is 109 Å². The highest BCUT2D eigenvalue weighted by atomic mass is 16.5. The highest BCUT2D eigenvalue weighted by Crippen LogP contribution is 2.07. The summed E-state index contributed by atoms with van der Waals surface area (Å²) in [4.78, 5) is 14.4. The number of ether oxygens (including phenoxy) is 1. The second-order valence-electron chi connectivity index (χ2n) is 5.33. The molecule has 2 aliphatic heterocycles. The minimum Gasteiger partial charge on any atom is -0.379 e. The maximum atomic E-state index is 12.0. The third-order valence-electron chi connectivity index (χ3n) is 3.65. The predicted octanol–water partition coefficient (Wildman–Crippen LogP) is -0.0346. The van der Waals surface area contributed by atoms with E-state index in [1.807, 2.05) is 0 Å².